The number of aryl methyl sites for hydroxylation is 1. The minimum Gasteiger partial charge on any atom is -0.465 e. The lowest BCUT2D eigenvalue weighted by Crippen LogP contribution is -2.30. The highest BCUT2D eigenvalue weighted by atomic mass is 16.5. The van der Waals surface area contributed by atoms with E-state index in [1.165, 1.54) is 0 Å². The quantitative estimate of drug-likeness (QED) is 0.648. The van der Waals surface area contributed by atoms with Gasteiger partial charge in [0.15, 0.2) is 0 Å². The number of aliphatic hydroxyl groups excluding tert-OH is 1. The van der Waals surface area contributed by atoms with Crippen molar-refractivity contribution in [3.05, 3.63) is 23.7 Å². The molecule has 4 heteroatoms. The van der Waals surface area contributed by atoms with Gasteiger partial charge in [0.25, 0.3) is 0 Å². The van der Waals surface area contributed by atoms with E-state index < -0.39 is 6.10 Å². The van der Waals surface area contributed by atoms with Crippen LogP contribution in [-0.2, 0) is 11.3 Å². The molecule has 1 aromatic rings. The van der Waals surface area contributed by atoms with Gasteiger partial charge >= 0.3 is 0 Å². The minimum absolute atomic E-state index is 0.393. The predicted molar refractivity (Wildman–Crippen MR) is 66.9 cm³/mol. The van der Waals surface area contributed by atoms with E-state index in [0.29, 0.717) is 19.7 Å². The summed E-state index contributed by atoms with van der Waals surface area (Å²) in [5, 5.41) is 12.7. The first-order valence-electron chi connectivity index (χ1n) is 6.24. The molecule has 2 N–H and O–H groups in total. The first-order chi connectivity index (χ1) is 8.22. The Bertz CT molecular complexity index is 299. The summed E-state index contributed by atoms with van der Waals surface area (Å²) in [5.41, 5.74) is 0. The third kappa shape index (κ3) is 6.46. The van der Waals surface area contributed by atoms with Gasteiger partial charge in [-0.3, -0.25) is 0 Å². The number of ether oxygens (including phenoxy) is 1. The van der Waals surface area contributed by atoms with E-state index in [2.05, 4.69) is 12.2 Å². The summed E-state index contributed by atoms with van der Waals surface area (Å²) in [6.07, 6.45) is 1.71. The van der Waals surface area contributed by atoms with Crippen molar-refractivity contribution in [2.24, 2.45) is 0 Å². The molecule has 0 aromatic carbocycles. The van der Waals surface area contributed by atoms with Crippen LogP contribution in [0.3, 0.4) is 0 Å². The van der Waals surface area contributed by atoms with Gasteiger partial charge in [-0.25, -0.2) is 0 Å². The van der Waals surface area contributed by atoms with Crippen molar-refractivity contribution >= 4 is 0 Å². The lowest BCUT2D eigenvalue weighted by molar-refractivity contribution is 0.0356. The zero-order valence-electron chi connectivity index (χ0n) is 10.7. The topological polar surface area (TPSA) is 54.6 Å². The van der Waals surface area contributed by atoms with E-state index in [0.717, 1.165) is 31.0 Å². The Balaban J connectivity index is 2.02. The number of hydrogen-bond donors (Lipinski definition) is 2. The second-order valence-corrected chi connectivity index (χ2v) is 4.23. The highest BCUT2D eigenvalue weighted by Gasteiger charge is 2.04. The van der Waals surface area contributed by atoms with Crippen LogP contribution in [0.2, 0.25) is 0 Å². The molecule has 0 aliphatic heterocycles. The fourth-order valence-corrected chi connectivity index (χ4v) is 1.47. The summed E-state index contributed by atoms with van der Waals surface area (Å²) >= 11 is 0. The molecule has 17 heavy (non-hydrogen) atoms. The normalized spacial score (nSPS) is 12.9. The fourth-order valence-electron chi connectivity index (χ4n) is 1.47. The zero-order chi connectivity index (χ0) is 12.5. The highest BCUT2D eigenvalue weighted by Crippen LogP contribution is 2.05. The maximum Gasteiger partial charge on any atom is 0.117 e. The maximum atomic E-state index is 9.61. The summed E-state index contributed by atoms with van der Waals surface area (Å²) in [6.45, 7) is 6.31. The minimum atomic E-state index is -0.456. The molecule has 4 nitrogen and oxygen atoms in total. The van der Waals surface area contributed by atoms with E-state index in [1.807, 2.05) is 19.1 Å². The lowest BCUT2D eigenvalue weighted by atomic mass is 10.3. The Hall–Kier alpha value is -0.840. The molecule has 1 atom stereocenters. The average Bonchev–Trinajstić information content (AvgIpc) is 2.71. The second kappa shape index (κ2) is 8.28. The fraction of sp³-hybridized carbons (Fsp3) is 0.692. The molecule has 0 aliphatic rings. The smallest absolute Gasteiger partial charge is 0.117 e. The molecule has 0 bridgehead atoms. The van der Waals surface area contributed by atoms with Crippen LogP contribution in [0.4, 0.5) is 0 Å². The molecule has 1 unspecified atom stereocenters. The summed E-state index contributed by atoms with van der Waals surface area (Å²) in [5.74, 6) is 1.80. The Morgan fingerprint density at radius 3 is 2.94 bits per heavy atom. The van der Waals surface area contributed by atoms with E-state index in [4.69, 9.17) is 9.15 Å². The van der Waals surface area contributed by atoms with Crippen LogP contribution in [0.15, 0.2) is 16.5 Å². The van der Waals surface area contributed by atoms with Gasteiger partial charge < -0.3 is 19.6 Å². The molecular weight excluding hydrogens is 218 g/mol. The molecule has 1 rings (SSSR count). The number of aliphatic hydroxyl groups is 1. The van der Waals surface area contributed by atoms with E-state index in [1.54, 1.807) is 0 Å². The van der Waals surface area contributed by atoms with Crippen molar-refractivity contribution in [1.29, 1.82) is 0 Å². The lowest BCUT2D eigenvalue weighted by Gasteiger charge is -2.11. The summed E-state index contributed by atoms with van der Waals surface area (Å²) in [4.78, 5) is 0. The van der Waals surface area contributed by atoms with Crippen LogP contribution >= 0.6 is 0 Å². The van der Waals surface area contributed by atoms with Crippen molar-refractivity contribution in [2.75, 3.05) is 19.8 Å². The number of furan rings is 1. The maximum absolute atomic E-state index is 9.61. The standard InChI is InChI=1S/C13H23NO3/c1-3-4-7-16-10-12(15)8-14-9-13-6-5-11(2)17-13/h5-6,12,14-15H,3-4,7-10H2,1-2H3. The van der Waals surface area contributed by atoms with Gasteiger partial charge in [0.1, 0.15) is 11.5 Å². The number of rotatable bonds is 9. The van der Waals surface area contributed by atoms with Crippen LogP contribution in [0.5, 0.6) is 0 Å². The summed E-state index contributed by atoms with van der Waals surface area (Å²) in [6, 6.07) is 3.87. The third-order valence-electron chi connectivity index (χ3n) is 2.43. The molecule has 0 fully saturated rings. The van der Waals surface area contributed by atoms with Gasteiger partial charge in [-0.05, 0) is 25.5 Å². The summed E-state index contributed by atoms with van der Waals surface area (Å²) < 4.78 is 10.7. The highest BCUT2D eigenvalue weighted by molar-refractivity contribution is 5.05. The second-order valence-electron chi connectivity index (χ2n) is 4.23. The molecule has 0 radical (unpaired) electrons. The number of hydrogen-bond acceptors (Lipinski definition) is 4. The van der Waals surface area contributed by atoms with Crippen LogP contribution in [0.1, 0.15) is 31.3 Å². The molecule has 1 aromatic heterocycles. The van der Waals surface area contributed by atoms with Crippen molar-refractivity contribution in [1.82, 2.24) is 5.32 Å². The van der Waals surface area contributed by atoms with Crippen molar-refractivity contribution in [3.63, 3.8) is 0 Å². The van der Waals surface area contributed by atoms with E-state index in [9.17, 15) is 5.11 Å². The Morgan fingerprint density at radius 1 is 1.47 bits per heavy atom. The molecular formula is C13H23NO3. The molecule has 0 aliphatic carbocycles. The van der Waals surface area contributed by atoms with Crippen molar-refractivity contribution < 1.29 is 14.3 Å². The van der Waals surface area contributed by atoms with Gasteiger partial charge in [-0.15, -0.1) is 0 Å². The Kier molecular flexibility index (Phi) is 6.93. The van der Waals surface area contributed by atoms with Gasteiger partial charge in [-0.1, -0.05) is 13.3 Å². The first kappa shape index (κ1) is 14.2. The number of unbranched alkanes of at least 4 members (excludes halogenated alkanes) is 1. The Morgan fingerprint density at radius 2 is 2.29 bits per heavy atom. The average molecular weight is 241 g/mol. The van der Waals surface area contributed by atoms with Gasteiger partial charge in [0, 0.05) is 13.2 Å². The van der Waals surface area contributed by atoms with Crippen molar-refractivity contribution in [3.8, 4) is 0 Å². The number of nitrogens with one attached hydrogen (secondary N) is 1. The zero-order valence-corrected chi connectivity index (χ0v) is 10.7. The molecule has 0 spiro atoms. The van der Waals surface area contributed by atoms with E-state index >= 15 is 0 Å². The Labute approximate surface area is 103 Å². The van der Waals surface area contributed by atoms with Crippen LogP contribution in [0, 0.1) is 6.92 Å². The predicted octanol–water partition coefficient (Wildman–Crippen LogP) is 1.86. The van der Waals surface area contributed by atoms with Crippen LogP contribution in [-0.4, -0.2) is 31.0 Å². The molecule has 98 valence electrons. The molecule has 0 saturated heterocycles. The summed E-state index contributed by atoms with van der Waals surface area (Å²) in [7, 11) is 0. The first-order valence-corrected chi connectivity index (χ1v) is 6.24. The molecule has 0 saturated carbocycles. The van der Waals surface area contributed by atoms with Gasteiger partial charge in [0.2, 0.25) is 0 Å². The molecule has 1 heterocycles. The largest absolute Gasteiger partial charge is 0.465 e. The van der Waals surface area contributed by atoms with Crippen LogP contribution < -0.4 is 5.32 Å². The van der Waals surface area contributed by atoms with Crippen LogP contribution in [0.25, 0.3) is 0 Å². The van der Waals surface area contributed by atoms with E-state index in [-0.39, 0.29) is 0 Å². The van der Waals surface area contributed by atoms with Gasteiger partial charge in [-0.2, -0.15) is 0 Å². The van der Waals surface area contributed by atoms with Gasteiger partial charge in [0.05, 0.1) is 19.3 Å². The van der Waals surface area contributed by atoms with Crippen molar-refractivity contribution in [2.45, 2.75) is 39.3 Å². The monoisotopic (exact) mass is 241 g/mol. The molecule has 0 amide bonds. The third-order valence-corrected chi connectivity index (χ3v) is 2.43. The SMILES string of the molecule is CCCCOCC(O)CNCc1ccc(C)o1.